The van der Waals surface area contributed by atoms with Gasteiger partial charge in [-0.1, -0.05) is 0 Å². The standard InChI is InChI=1S/C10H5BrF4N2/c11-8-5-17(10(13,14)15)16-9(8)6-1-3-7(12)4-2-6/h1-5H. The van der Waals surface area contributed by atoms with Crippen molar-refractivity contribution >= 4 is 15.9 Å². The van der Waals surface area contributed by atoms with E-state index in [1.54, 1.807) is 0 Å². The smallest absolute Gasteiger partial charge is 0.207 e. The van der Waals surface area contributed by atoms with Gasteiger partial charge in [0.05, 0.1) is 4.47 Å². The van der Waals surface area contributed by atoms with Crippen LogP contribution < -0.4 is 0 Å². The van der Waals surface area contributed by atoms with E-state index in [4.69, 9.17) is 0 Å². The van der Waals surface area contributed by atoms with Gasteiger partial charge in [0.25, 0.3) is 0 Å². The lowest BCUT2D eigenvalue weighted by Gasteiger charge is -2.04. The molecule has 1 aromatic carbocycles. The van der Waals surface area contributed by atoms with Crippen molar-refractivity contribution in [3.8, 4) is 11.3 Å². The summed E-state index contributed by atoms with van der Waals surface area (Å²) in [6.07, 6.45) is -3.75. The topological polar surface area (TPSA) is 17.8 Å². The Morgan fingerprint density at radius 1 is 1.12 bits per heavy atom. The monoisotopic (exact) mass is 308 g/mol. The lowest BCUT2D eigenvalue weighted by molar-refractivity contribution is -0.212. The van der Waals surface area contributed by atoms with Crippen LogP contribution in [0.4, 0.5) is 17.6 Å². The summed E-state index contributed by atoms with van der Waals surface area (Å²) in [5.74, 6) is -0.458. The van der Waals surface area contributed by atoms with E-state index >= 15 is 0 Å². The van der Waals surface area contributed by atoms with Crippen molar-refractivity contribution in [1.29, 1.82) is 0 Å². The van der Waals surface area contributed by atoms with Gasteiger partial charge in [0.2, 0.25) is 0 Å². The van der Waals surface area contributed by atoms with Crippen LogP contribution in [-0.2, 0) is 6.30 Å². The van der Waals surface area contributed by atoms with Crippen LogP contribution in [0.1, 0.15) is 0 Å². The molecular weight excluding hydrogens is 304 g/mol. The van der Waals surface area contributed by atoms with E-state index in [0.717, 1.165) is 18.3 Å². The van der Waals surface area contributed by atoms with E-state index in [1.807, 2.05) is 0 Å². The Morgan fingerprint density at radius 3 is 2.18 bits per heavy atom. The molecule has 90 valence electrons. The second-order valence-corrected chi connectivity index (χ2v) is 4.10. The van der Waals surface area contributed by atoms with Crippen LogP contribution in [0.5, 0.6) is 0 Å². The molecule has 0 amide bonds. The molecule has 2 aromatic rings. The maximum Gasteiger partial charge on any atom is 0.504 e. The summed E-state index contributed by atoms with van der Waals surface area (Å²) >= 11 is 2.99. The van der Waals surface area contributed by atoms with Gasteiger partial charge in [0, 0.05) is 11.8 Å². The molecule has 0 aliphatic carbocycles. The number of halogens is 5. The van der Waals surface area contributed by atoms with Crippen LogP contribution >= 0.6 is 15.9 Å². The first kappa shape index (κ1) is 12.1. The molecule has 0 bridgehead atoms. The largest absolute Gasteiger partial charge is 0.504 e. The number of hydrogen-bond donors (Lipinski definition) is 0. The molecule has 17 heavy (non-hydrogen) atoms. The quantitative estimate of drug-likeness (QED) is 0.730. The van der Waals surface area contributed by atoms with E-state index in [2.05, 4.69) is 21.0 Å². The summed E-state index contributed by atoms with van der Waals surface area (Å²) in [7, 11) is 0. The first-order valence-electron chi connectivity index (χ1n) is 4.46. The highest BCUT2D eigenvalue weighted by molar-refractivity contribution is 9.10. The summed E-state index contributed by atoms with van der Waals surface area (Å²) in [5.41, 5.74) is 0.517. The third-order valence-corrected chi connectivity index (χ3v) is 2.63. The lowest BCUT2D eigenvalue weighted by atomic mass is 10.1. The predicted octanol–water partition coefficient (Wildman–Crippen LogP) is 3.93. The fraction of sp³-hybridized carbons (Fsp3) is 0.100. The fourth-order valence-corrected chi connectivity index (χ4v) is 1.79. The fourth-order valence-electron chi connectivity index (χ4n) is 1.29. The molecule has 0 saturated heterocycles. The summed E-state index contributed by atoms with van der Waals surface area (Å²) in [6, 6.07) is 5.05. The molecule has 0 saturated carbocycles. The summed E-state index contributed by atoms with van der Waals surface area (Å²) in [4.78, 5) is 0. The van der Waals surface area contributed by atoms with E-state index in [1.165, 1.54) is 12.1 Å². The van der Waals surface area contributed by atoms with E-state index < -0.39 is 12.1 Å². The van der Waals surface area contributed by atoms with Gasteiger partial charge in [-0.3, -0.25) is 0 Å². The normalized spacial score (nSPS) is 11.8. The maximum absolute atomic E-state index is 12.7. The zero-order valence-corrected chi connectivity index (χ0v) is 9.76. The van der Waals surface area contributed by atoms with Gasteiger partial charge in [-0.2, -0.15) is 9.78 Å². The Kier molecular flexibility index (Phi) is 2.94. The summed E-state index contributed by atoms with van der Waals surface area (Å²) in [5, 5.41) is 3.40. The number of alkyl halides is 3. The Balaban J connectivity index is 2.46. The minimum absolute atomic E-state index is 0.101. The van der Waals surface area contributed by atoms with Crippen LogP contribution in [0.25, 0.3) is 11.3 Å². The van der Waals surface area contributed by atoms with Crippen molar-refractivity contribution < 1.29 is 17.6 Å². The predicted molar refractivity (Wildman–Crippen MR) is 56.6 cm³/mol. The third-order valence-electron chi connectivity index (χ3n) is 2.05. The number of nitrogens with zero attached hydrogens (tertiary/aromatic N) is 2. The average molecular weight is 309 g/mol. The number of benzene rings is 1. The SMILES string of the molecule is Fc1ccc(-c2nn(C(F)(F)F)cc2Br)cc1. The molecule has 0 aliphatic rings. The molecule has 0 fully saturated rings. The maximum atomic E-state index is 12.7. The Labute approximate surface area is 102 Å². The third kappa shape index (κ3) is 2.49. The van der Waals surface area contributed by atoms with Crippen molar-refractivity contribution in [3.63, 3.8) is 0 Å². The molecule has 1 heterocycles. The van der Waals surface area contributed by atoms with E-state index in [9.17, 15) is 17.6 Å². The average Bonchev–Trinajstić information content (AvgIpc) is 2.61. The van der Waals surface area contributed by atoms with E-state index in [-0.39, 0.29) is 14.8 Å². The van der Waals surface area contributed by atoms with Gasteiger partial charge in [-0.05, 0) is 40.2 Å². The molecule has 2 nitrogen and oxygen atoms in total. The van der Waals surface area contributed by atoms with Crippen molar-refractivity contribution in [2.45, 2.75) is 6.30 Å². The molecule has 0 N–H and O–H groups in total. The van der Waals surface area contributed by atoms with Crippen molar-refractivity contribution in [1.82, 2.24) is 9.78 Å². The summed E-state index contributed by atoms with van der Waals surface area (Å²) < 4.78 is 49.9. The highest BCUT2D eigenvalue weighted by Crippen LogP contribution is 2.31. The first-order valence-corrected chi connectivity index (χ1v) is 5.25. The van der Waals surface area contributed by atoms with Crippen molar-refractivity contribution in [2.75, 3.05) is 0 Å². The second kappa shape index (κ2) is 4.14. The van der Waals surface area contributed by atoms with Gasteiger partial charge in [0.15, 0.2) is 0 Å². The minimum Gasteiger partial charge on any atom is -0.207 e. The minimum atomic E-state index is -4.57. The second-order valence-electron chi connectivity index (χ2n) is 3.24. The molecule has 2 rings (SSSR count). The van der Waals surface area contributed by atoms with Gasteiger partial charge in [0.1, 0.15) is 11.5 Å². The molecule has 7 heteroatoms. The Bertz CT molecular complexity index is 530. The molecule has 0 unspecified atom stereocenters. The van der Waals surface area contributed by atoms with Crippen LogP contribution in [0.15, 0.2) is 34.9 Å². The van der Waals surface area contributed by atoms with Gasteiger partial charge in [-0.15, -0.1) is 13.2 Å². The van der Waals surface area contributed by atoms with Crippen LogP contribution in [-0.4, -0.2) is 9.78 Å². The molecular formula is C10H5BrF4N2. The van der Waals surface area contributed by atoms with Gasteiger partial charge < -0.3 is 0 Å². The molecule has 0 aliphatic heterocycles. The van der Waals surface area contributed by atoms with Crippen molar-refractivity contribution in [2.24, 2.45) is 0 Å². The van der Waals surface area contributed by atoms with Crippen LogP contribution in [0.3, 0.4) is 0 Å². The molecule has 0 radical (unpaired) electrons. The highest BCUT2D eigenvalue weighted by Gasteiger charge is 2.32. The lowest BCUT2D eigenvalue weighted by Crippen LogP contribution is -2.16. The molecule has 1 aromatic heterocycles. The first-order chi connectivity index (χ1) is 7.88. The molecule has 0 spiro atoms. The van der Waals surface area contributed by atoms with Crippen molar-refractivity contribution in [3.05, 3.63) is 40.8 Å². The zero-order valence-electron chi connectivity index (χ0n) is 8.17. The highest BCUT2D eigenvalue weighted by atomic mass is 79.9. The number of rotatable bonds is 1. The Hall–Kier alpha value is -1.37. The van der Waals surface area contributed by atoms with Crippen LogP contribution in [0.2, 0.25) is 0 Å². The van der Waals surface area contributed by atoms with Gasteiger partial charge >= 0.3 is 6.30 Å². The zero-order chi connectivity index (χ0) is 12.6. The van der Waals surface area contributed by atoms with Crippen LogP contribution in [0, 0.1) is 5.82 Å². The number of hydrogen-bond acceptors (Lipinski definition) is 1. The molecule has 0 atom stereocenters. The Morgan fingerprint density at radius 2 is 1.71 bits per heavy atom. The number of aromatic nitrogens is 2. The van der Waals surface area contributed by atoms with E-state index in [0.29, 0.717) is 5.56 Å². The van der Waals surface area contributed by atoms with Gasteiger partial charge in [-0.25, -0.2) is 4.39 Å². The summed E-state index contributed by atoms with van der Waals surface area (Å²) in [6.45, 7) is 0.